The largest absolute Gasteiger partial charge is 0.462 e. The zero-order valence-electron chi connectivity index (χ0n) is 10.7. The Labute approximate surface area is 125 Å². The van der Waals surface area contributed by atoms with E-state index in [1.807, 2.05) is 13.8 Å². The second-order valence-corrected chi connectivity index (χ2v) is 7.96. The molecule has 0 atom stereocenters. The topological polar surface area (TPSA) is 60.4 Å². The van der Waals surface area contributed by atoms with Gasteiger partial charge in [-0.2, -0.15) is 0 Å². The first-order valence-electron chi connectivity index (χ1n) is 5.55. The number of carbonyl (C=O) groups is 1. The van der Waals surface area contributed by atoms with Crippen molar-refractivity contribution in [3.63, 3.8) is 0 Å². The monoisotopic (exact) mass is 368 g/mol. The Morgan fingerprint density at radius 2 is 2.00 bits per heavy atom. The van der Waals surface area contributed by atoms with Gasteiger partial charge in [0.05, 0.1) is 17.1 Å². The average molecular weight is 370 g/mol. The predicted octanol–water partition coefficient (Wildman–Crippen LogP) is 3.50. The van der Waals surface area contributed by atoms with Crippen LogP contribution in [0.3, 0.4) is 0 Å². The lowest BCUT2D eigenvalue weighted by Gasteiger charge is -2.11. The fraction of sp³-hybridized carbons (Fsp3) is 0.417. The molecule has 0 bridgehead atoms. The van der Waals surface area contributed by atoms with Gasteiger partial charge in [-0.1, -0.05) is 29.8 Å². The summed E-state index contributed by atoms with van der Waals surface area (Å²) >= 11 is 3.16. The van der Waals surface area contributed by atoms with Crippen LogP contribution in [0.25, 0.3) is 0 Å². The lowest BCUT2D eigenvalue weighted by atomic mass is 10.1. The van der Waals surface area contributed by atoms with Gasteiger partial charge in [0.1, 0.15) is 0 Å². The van der Waals surface area contributed by atoms with E-state index >= 15 is 0 Å². The Morgan fingerprint density at radius 1 is 1.42 bits per heavy atom. The van der Waals surface area contributed by atoms with Crippen LogP contribution in [0.2, 0.25) is 0 Å². The molecule has 0 unspecified atom stereocenters. The summed E-state index contributed by atoms with van der Waals surface area (Å²) in [5, 5.41) is 0. The van der Waals surface area contributed by atoms with Gasteiger partial charge in [-0.25, -0.2) is 13.2 Å². The molecule has 0 aliphatic carbocycles. The molecule has 0 aliphatic rings. The number of esters is 1. The van der Waals surface area contributed by atoms with E-state index in [0.29, 0.717) is 4.47 Å². The van der Waals surface area contributed by atoms with Crippen molar-refractivity contribution in [1.82, 2.24) is 0 Å². The van der Waals surface area contributed by atoms with Crippen LogP contribution in [0.4, 0.5) is 0 Å². The summed E-state index contributed by atoms with van der Waals surface area (Å²) in [4.78, 5) is 11.8. The van der Waals surface area contributed by atoms with Crippen LogP contribution in [0, 0.1) is 12.8 Å². The SMILES string of the molecule is Cc1c(C(=O)OCC(C)C)cc(Br)cc1S(=O)(=O)Cl. The molecular formula is C12H14BrClO4S. The zero-order valence-corrected chi connectivity index (χ0v) is 13.9. The second-order valence-electron chi connectivity index (χ2n) is 4.51. The van der Waals surface area contributed by atoms with Gasteiger partial charge in [-0.05, 0) is 30.5 Å². The number of ether oxygens (including phenoxy) is 1. The van der Waals surface area contributed by atoms with Crippen LogP contribution < -0.4 is 0 Å². The number of hydrogen-bond donors (Lipinski definition) is 0. The third-order valence-electron chi connectivity index (χ3n) is 2.36. The Kier molecular flexibility index (Phi) is 5.41. The zero-order chi connectivity index (χ0) is 14.8. The molecule has 0 radical (unpaired) electrons. The molecule has 0 aromatic heterocycles. The molecule has 0 fully saturated rings. The molecule has 0 spiro atoms. The highest BCUT2D eigenvalue weighted by Crippen LogP contribution is 2.27. The molecule has 7 heteroatoms. The van der Waals surface area contributed by atoms with Gasteiger partial charge in [0.2, 0.25) is 0 Å². The number of benzene rings is 1. The van der Waals surface area contributed by atoms with Gasteiger partial charge in [-0.15, -0.1) is 0 Å². The van der Waals surface area contributed by atoms with E-state index in [4.69, 9.17) is 15.4 Å². The highest BCUT2D eigenvalue weighted by atomic mass is 79.9. The summed E-state index contributed by atoms with van der Waals surface area (Å²) in [6, 6.07) is 2.88. The van der Waals surface area contributed by atoms with Crippen molar-refractivity contribution in [2.45, 2.75) is 25.7 Å². The molecule has 0 N–H and O–H groups in total. The van der Waals surface area contributed by atoms with Crippen molar-refractivity contribution in [3.05, 3.63) is 27.7 Å². The van der Waals surface area contributed by atoms with Gasteiger partial charge in [0.15, 0.2) is 0 Å². The molecule has 0 amide bonds. The average Bonchev–Trinajstić information content (AvgIpc) is 2.27. The fourth-order valence-electron chi connectivity index (χ4n) is 1.44. The Morgan fingerprint density at radius 3 is 2.47 bits per heavy atom. The Balaban J connectivity index is 3.22. The normalized spacial score (nSPS) is 11.7. The Hall–Kier alpha value is -0.590. The van der Waals surface area contributed by atoms with Crippen LogP contribution in [-0.2, 0) is 13.8 Å². The van der Waals surface area contributed by atoms with Crippen LogP contribution in [0.1, 0.15) is 29.8 Å². The third-order valence-corrected chi connectivity index (χ3v) is 4.26. The van der Waals surface area contributed by atoms with Crippen LogP contribution >= 0.6 is 26.6 Å². The van der Waals surface area contributed by atoms with E-state index in [1.165, 1.54) is 19.1 Å². The summed E-state index contributed by atoms with van der Waals surface area (Å²) in [6.45, 7) is 5.62. The Bertz CT molecular complexity index is 596. The van der Waals surface area contributed by atoms with Gasteiger partial charge >= 0.3 is 5.97 Å². The second kappa shape index (κ2) is 6.24. The lowest BCUT2D eigenvalue weighted by Crippen LogP contribution is -2.13. The van der Waals surface area contributed by atoms with E-state index in [-0.39, 0.29) is 28.5 Å². The van der Waals surface area contributed by atoms with Crippen molar-refractivity contribution in [3.8, 4) is 0 Å². The predicted molar refractivity (Wildman–Crippen MR) is 77.0 cm³/mol. The number of carbonyl (C=O) groups excluding carboxylic acids is 1. The van der Waals surface area contributed by atoms with Crippen molar-refractivity contribution in [1.29, 1.82) is 0 Å². The first-order valence-corrected chi connectivity index (χ1v) is 8.65. The number of hydrogen-bond acceptors (Lipinski definition) is 4. The molecule has 0 saturated heterocycles. The van der Waals surface area contributed by atoms with Crippen LogP contribution in [0.15, 0.2) is 21.5 Å². The minimum atomic E-state index is -3.91. The maximum Gasteiger partial charge on any atom is 0.338 e. The standard InChI is InChI=1S/C12H14BrClO4S/c1-7(2)6-18-12(15)10-4-9(13)5-11(8(10)3)19(14,16)17/h4-5,7H,6H2,1-3H3. The maximum atomic E-state index is 11.9. The molecule has 106 valence electrons. The van der Waals surface area contributed by atoms with Gasteiger partial charge < -0.3 is 4.74 Å². The molecule has 1 rings (SSSR count). The molecule has 0 aliphatic heterocycles. The summed E-state index contributed by atoms with van der Waals surface area (Å²) in [6.07, 6.45) is 0. The molecule has 19 heavy (non-hydrogen) atoms. The molecule has 4 nitrogen and oxygen atoms in total. The molecule has 0 saturated carbocycles. The highest BCUT2D eigenvalue weighted by Gasteiger charge is 2.21. The lowest BCUT2D eigenvalue weighted by molar-refractivity contribution is 0.0457. The molecular weight excluding hydrogens is 356 g/mol. The minimum Gasteiger partial charge on any atom is -0.462 e. The summed E-state index contributed by atoms with van der Waals surface area (Å²) in [5.74, 6) is -0.360. The number of halogens is 2. The maximum absolute atomic E-state index is 11.9. The van der Waals surface area contributed by atoms with Crippen molar-refractivity contribution in [2.75, 3.05) is 6.61 Å². The van der Waals surface area contributed by atoms with E-state index in [2.05, 4.69) is 15.9 Å². The van der Waals surface area contributed by atoms with Crippen LogP contribution in [0.5, 0.6) is 0 Å². The van der Waals surface area contributed by atoms with E-state index in [1.54, 1.807) is 0 Å². The number of rotatable bonds is 4. The molecule has 1 aromatic carbocycles. The van der Waals surface area contributed by atoms with E-state index < -0.39 is 15.0 Å². The van der Waals surface area contributed by atoms with Crippen molar-refractivity contribution in [2.24, 2.45) is 5.92 Å². The quantitative estimate of drug-likeness (QED) is 0.602. The van der Waals surface area contributed by atoms with Crippen LogP contribution in [-0.4, -0.2) is 21.0 Å². The minimum absolute atomic E-state index is 0.0972. The summed E-state index contributed by atoms with van der Waals surface area (Å²) in [5.41, 5.74) is 0.473. The molecule has 1 aromatic rings. The first-order chi connectivity index (χ1) is 8.62. The smallest absolute Gasteiger partial charge is 0.338 e. The third kappa shape index (κ3) is 4.47. The van der Waals surface area contributed by atoms with Gasteiger partial charge in [0, 0.05) is 15.2 Å². The van der Waals surface area contributed by atoms with Crippen molar-refractivity contribution >= 4 is 41.6 Å². The molecule has 0 heterocycles. The van der Waals surface area contributed by atoms with Gasteiger partial charge in [0.25, 0.3) is 9.05 Å². The van der Waals surface area contributed by atoms with Crippen molar-refractivity contribution < 1.29 is 17.9 Å². The summed E-state index contributed by atoms with van der Waals surface area (Å²) in [7, 11) is 1.43. The summed E-state index contributed by atoms with van der Waals surface area (Å²) < 4.78 is 28.4. The fourth-order valence-corrected chi connectivity index (χ4v) is 3.27. The van der Waals surface area contributed by atoms with E-state index in [9.17, 15) is 13.2 Å². The highest BCUT2D eigenvalue weighted by molar-refractivity contribution is 9.10. The first kappa shape index (κ1) is 16.5. The van der Waals surface area contributed by atoms with Gasteiger partial charge in [-0.3, -0.25) is 0 Å². The van der Waals surface area contributed by atoms with E-state index in [0.717, 1.165) is 0 Å².